The molecule has 1 rings (SSSR count). The number of ether oxygens (including phenoxy) is 2. The summed E-state index contributed by atoms with van der Waals surface area (Å²) < 4.78 is 12.1. The van der Waals surface area contributed by atoms with E-state index in [1.165, 1.54) is 11.1 Å². The second kappa shape index (κ2) is 6.26. The maximum Gasteiger partial charge on any atom is 0.165 e. The molecule has 1 N–H and O–H groups in total. The van der Waals surface area contributed by atoms with Crippen LogP contribution >= 0.6 is 15.9 Å². The van der Waals surface area contributed by atoms with Crippen molar-refractivity contribution in [3.8, 4) is 11.5 Å². The quantitative estimate of drug-likeness (QED) is 0.907. The summed E-state index contributed by atoms with van der Waals surface area (Å²) in [6.07, 6.45) is 0.917. The number of methoxy groups -OCH3 is 2. The molecule has 0 bridgehead atoms. The van der Waals surface area contributed by atoms with Crippen LogP contribution in [-0.4, -0.2) is 27.8 Å². The Morgan fingerprint density at radius 2 is 1.65 bits per heavy atom. The lowest BCUT2D eigenvalue weighted by Crippen LogP contribution is -2.13. The van der Waals surface area contributed by atoms with E-state index < -0.39 is 0 Å². The van der Waals surface area contributed by atoms with E-state index in [2.05, 4.69) is 28.2 Å². The van der Waals surface area contributed by atoms with Gasteiger partial charge in [0.15, 0.2) is 11.5 Å². The Morgan fingerprint density at radius 1 is 1.06 bits per heavy atom. The zero-order valence-electron chi connectivity index (χ0n) is 11.1. The third-order valence-electron chi connectivity index (χ3n) is 2.97. The van der Waals surface area contributed by atoms with Crippen molar-refractivity contribution >= 4 is 15.9 Å². The Hall–Kier alpha value is -0.740. The molecule has 0 aliphatic heterocycles. The number of benzene rings is 1. The lowest BCUT2D eigenvalue weighted by Gasteiger charge is -2.19. The normalized spacial score (nSPS) is 10.5. The van der Waals surface area contributed by atoms with Crippen LogP contribution in [0.3, 0.4) is 0 Å². The van der Waals surface area contributed by atoms with E-state index in [0.29, 0.717) is 0 Å². The lowest BCUT2D eigenvalue weighted by atomic mass is 10.00. The molecule has 0 heterocycles. The van der Waals surface area contributed by atoms with Crippen LogP contribution in [0.1, 0.15) is 16.7 Å². The summed E-state index contributed by atoms with van der Waals surface area (Å²) in [4.78, 5) is 0. The van der Waals surface area contributed by atoms with Crippen molar-refractivity contribution in [3.63, 3.8) is 0 Å². The summed E-state index contributed by atoms with van der Waals surface area (Å²) in [7, 11) is 5.31. The second-order valence-electron chi connectivity index (χ2n) is 3.96. The van der Waals surface area contributed by atoms with Crippen LogP contribution in [0.4, 0.5) is 0 Å². The summed E-state index contributed by atoms with van der Waals surface area (Å²) in [6.45, 7) is 5.04. The van der Waals surface area contributed by atoms with Crippen LogP contribution in [0.15, 0.2) is 4.47 Å². The molecule has 0 radical (unpaired) electrons. The van der Waals surface area contributed by atoms with Crippen LogP contribution in [0.5, 0.6) is 11.5 Å². The van der Waals surface area contributed by atoms with Gasteiger partial charge >= 0.3 is 0 Å². The summed E-state index contributed by atoms with van der Waals surface area (Å²) >= 11 is 3.62. The van der Waals surface area contributed by atoms with E-state index in [-0.39, 0.29) is 0 Å². The van der Waals surface area contributed by atoms with Crippen molar-refractivity contribution < 1.29 is 9.47 Å². The van der Waals surface area contributed by atoms with Gasteiger partial charge in [0, 0.05) is 15.6 Å². The number of rotatable bonds is 5. The molecule has 1 aromatic rings. The van der Waals surface area contributed by atoms with Crippen LogP contribution in [0, 0.1) is 13.8 Å². The fourth-order valence-electron chi connectivity index (χ4n) is 2.00. The van der Waals surface area contributed by atoms with Crippen molar-refractivity contribution in [3.05, 3.63) is 21.2 Å². The van der Waals surface area contributed by atoms with Crippen LogP contribution < -0.4 is 14.8 Å². The average molecular weight is 302 g/mol. The van der Waals surface area contributed by atoms with Gasteiger partial charge in [-0.1, -0.05) is 15.9 Å². The monoisotopic (exact) mass is 301 g/mol. The molecule has 0 saturated heterocycles. The minimum atomic E-state index is 0.816. The number of hydrogen-bond acceptors (Lipinski definition) is 3. The van der Waals surface area contributed by atoms with E-state index in [9.17, 15) is 0 Å². The highest BCUT2D eigenvalue weighted by Crippen LogP contribution is 2.41. The number of nitrogens with one attached hydrogen (secondary N) is 1. The molecular formula is C13H20BrNO2. The molecular weight excluding hydrogens is 282 g/mol. The van der Waals surface area contributed by atoms with Crippen molar-refractivity contribution in [2.45, 2.75) is 20.3 Å². The molecule has 0 unspecified atom stereocenters. The van der Waals surface area contributed by atoms with Crippen molar-refractivity contribution in [2.24, 2.45) is 0 Å². The van der Waals surface area contributed by atoms with Crippen LogP contribution in [0.2, 0.25) is 0 Å². The number of likely N-dealkylation sites (N-methyl/N-ethyl adjacent to an activating group) is 1. The van der Waals surface area contributed by atoms with Gasteiger partial charge in [-0.15, -0.1) is 0 Å². The molecule has 0 aromatic heterocycles. The summed E-state index contributed by atoms with van der Waals surface area (Å²) in [5.41, 5.74) is 3.49. The highest BCUT2D eigenvalue weighted by Gasteiger charge is 2.19. The average Bonchev–Trinajstić information content (AvgIpc) is 2.34. The summed E-state index contributed by atoms with van der Waals surface area (Å²) in [5, 5.41) is 3.15. The third kappa shape index (κ3) is 2.75. The zero-order chi connectivity index (χ0) is 13.0. The van der Waals surface area contributed by atoms with Gasteiger partial charge < -0.3 is 14.8 Å². The molecule has 4 heteroatoms. The van der Waals surface area contributed by atoms with Gasteiger partial charge in [0.05, 0.1) is 14.2 Å². The first-order valence-electron chi connectivity index (χ1n) is 5.62. The predicted octanol–water partition coefficient (Wildman–Crippen LogP) is 2.85. The maximum absolute atomic E-state index is 5.51. The minimum Gasteiger partial charge on any atom is -0.493 e. The van der Waals surface area contributed by atoms with E-state index in [1.807, 2.05) is 14.0 Å². The SMILES string of the molecule is CNCCc1c(C)c(Br)c(C)c(OC)c1OC. The summed E-state index contributed by atoms with van der Waals surface area (Å²) in [5.74, 6) is 1.66. The number of halogens is 1. The molecule has 3 nitrogen and oxygen atoms in total. The topological polar surface area (TPSA) is 30.5 Å². The lowest BCUT2D eigenvalue weighted by molar-refractivity contribution is 0.349. The Bertz CT molecular complexity index is 405. The van der Waals surface area contributed by atoms with Crippen molar-refractivity contribution in [1.29, 1.82) is 0 Å². The minimum absolute atomic E-state index is 0.816. The largest absolute Gasteiger partial charge is 0.493 e. The zero-order valence-corrected chi connectivity index (χ0v) is 12.7. The maximum atomic E-state index is 5.51. The Labute approximate surface area is 112 Å². The fraction of sp³-hybridized carbons (Fsp3) is 0.538. The predicted molar refractivity (Wildman–Crippen MR) is 74.4 cm³/mol. The van der Waals surface area contributed by atoms with E-state index in [4.69, 9.17) is 9.47 Å². The van der Waals surface area contributed by atoms with Crippen molar-refractivity contribution in [1.82, 2.24) is 5.32 Å². The van der Waals surface area contributed by atoms with Crippen LogP contribution in [-0.2, 0) is 6.42 Å². The van der Waals surface area contributed by atoms with E-state index in [0.717, 1.165) is 34.5 Å². The van der Waals surface area contributed by atoms with Gasteiger partial charge in [-0.25, -0.2) is 0 Å². The molecule has 0 aliphatic carbocycles. The molecule has 0 atom stereocenters. The highest BCUT2D eigenvalue weighted by molar-refractivity contribution is 9.10. The van der Waals surface area contributed by atoms with E-state index in [1.54, 1.807) is 14.2 Å². The molecule has 96 valence electrons. The first-order valence-corrected chi connectivity index (χ1v) is 6.41. The molecule has 0 fully saturated rings. The summed E-state index contributed by atoms with van der Waals surface area (Å²) in [6, 6.07) is 0. The van der Waals surface area contributed by atoms with Gasteiger partial charge in [0.2, 0.25) is 0 Å². The molecule has 0 aliphatic rings. The van der Waals surface area contributed by atoms with Crippen LogP contribution in [0.25, 0.3) is 0 Å². The molecule has 1 aromatic carbocycles. The molecule has 17 heavy (non-hydrogen) atoms. The smallest absolute Gasteiger partial charge is 0.165 e. The van der Waals surface area contributed by atoms with Gasteiger partial charge in [-0.3, -0.25) is 0 Å². The van der Waals surface area contributed by atoms with Gasteiger partial charge in [-0.2, -0.15) is 0 Å². The molecule has 0 saturated carbocycles. The Morgan fingerprint density at radius 3 is 2.12 bits per heavy atom. The third-order valence-corrected chi connectivity index (χ3v) is 4.15. The van der Waals surface area contributed by atoms with Crippen molar-refractivity contribution in [2.75, 3.05) is 27.8 Å². The molecule has 0 amide bonds. The first-order chi connectivity index (χ1) is 8.08. The standard InChI is InChI=1S/C13H20BrNO2/c1-8-10(6-7-15-3)13(17-5)12(16-4)9(2)11(8)14/h15H,6-7H2,1-5H3. The van der Waals surface area contributed by atoms with E-state index >= 15 is 0 Å². The van der Waals surface area contributed by atoms with Gasteiger partial charge in [-0.05, 0) is 39.4 Å². The fourth-order valence-corrected chi connectivity index (χ4v) is 2.42. The van der Waals surface area contributed by atoms with Gasteiger partial charge in [0.25, 0.3) is 0 Å². The first kappa shape index (κ1) is 14.3. The Kier molecular flexibility index (Phi) is 5.28. The number of hydrogen-bond donors (Lipinski definition) is 1. The Balaban J connectivity index is 3.39. The highest BCUT2D eigenvalue weighted by atomic mass is 79.9. The van der Waals surface area contributed by atoms with Gasteiger partial charge in [0.1, 0.15) is 0 Å². The second-order valence-corrected chi connectivity index (χ2v) is 4.76. The molecule has 0 spiro atoms.